The molecule has 0 aromatic heterocycles. The Balaban J connectivity index is 1.86. The molecule has 0 spiro atoms. The minimum atomic E-state index is 0.226. The molecule has 1 unspecified atom stereocenters. The van der Waals surface area contributed by atoms with Crippen molar-refractivity contribution in [2.75, 3.05) is 33.2 Å². The van der Waals surface area contributed by atoms with Crippen molar-refractivity contribution in [1.82, 2.24) is 9.80 Å². The highest BCUT2D eigenvalue weighted by Gasteiger charge is 2.35. The van der Waals surface area contributed by atoms with E-state index >= 15 is 0 Å². The van der Waals surface area contributed by atoms with Crippen LogP contribution >= 0.6 is 0 Å². The second-order valence-electron chi connectivity index (χ2n) is 8.92. The molecule has 0 radical (unpaired) electrons. The van der Waals surface area contributed by atoms with Crippen molar-refractivity contribution in [2.45, 2.75) is 46.7 Å². The lowest BCUT2D eigenvalue weighted by Crippen LogP contribution is -2.54. The van der Waals surface area contributed by atoms with Crippen LogP contribution in [-0.4, -0.2) is 49.1 Å². The van der Waals surface area contributed by atoms with Gasteiger partial charge in [-0.2, -0.15) is 0 Å². The molecule has 130 valence electrons. The van der Waals surface area contributed by atoms with Crippen LogP contribution in [0.2, 0.25) is 0 Å². The summed E-state index contributed by atoms with van der Waals surface area (Å²) in [6, 6.07) is 11.1. The third-order valence-corrected chi connectivity index (χ3v) is 5.04. The van der Waals surface area contributed by atoms with E-state index in [0.717, 1.165) is 39.1 Å². The van der Waals surface area contributed by atoms with Crippen LogP contribution < -0.4 is 5.73 Å². The molecule has 23 heavy (non-hydrogen) atoms. The molecule has 0 bridgehead atoms. The summed E-state index contributed by atoms with van der Waals surface area (Å²) in [4.78, 5) is 5.05. The first-order valence-corrected chi connectivity index (χ1v) is 8.88. The lowest BCUT2D eigenvalue weighted by molar-refractivity contribution is 0.0533. The van der Waals surface area contributed by atoms with Crippen molar-refractivity contribution in [2.24, 2.45) is 16.6 Å². The third-order valence-electron chi connectivity index (χ3n) is 5.04. The van der Waals surface area contributed by atoms with Crippen molar-refractivity contribution in [3.63, 3.8) is 0 Å². The van der Waals surface area contributed by atoms with Crippen LogP contribution in [0.25, 0.3) is 0 Å². The Labute approximate surface area is 142 Å². The topological polar surface area (TPSA) is 32.5 Å². The molecule has 0 aliphatic carbocycles. The van der Waals surface area contributed by atoms with Gasteiger partial charge in [-0.15, -0.1) is 0 Å². The lowest BCUT2D eigenvalue weighted by Gasteiger charge is -2.45. The lowest BCUT2D eigenvalue weighted by atomic mass is 9.78. The van der Waals surface area contributed by atoms with Crippen LogP contribution in [0.4, 0.5) is 0 Å². The van der Waals surface area contributed by atoms with Gasteiger partial charge >= 0.3 is 0 Å². The van der Waals surface area contributed by atoms with Gasteiger partial charge in [-0.1, -0.05) is 58.0 Å². The van der Waals surface area contributed by atoms with Crippen molar-refractivity contribution in [1.29, 1.82) is 0 Å². The molecule has 1 aliphatic heterocycles. The molecule has 0 amide bonds. The van der Waals surface area contributed by atoms with E-state index in [-0.39, 0.29) is 10.8 Å². The van der Waals surface area contributed by atoms with Crippen molar-refractivity contribution in [3.05, 3.63) is 35.9 Å². The Morgan fingerprint density at radius 3 is 2.52 bits per heavy atom. The van der Waals surface area contributed by atoms with E-state index in [1.54, 1.807) is 0 Å². The summed E-state index contributed by atoms with van der Waals surface area (Å²) in [5.74, 6) is 0. The standard InChI is InChI=1S/C20H35N3/c1-19(2,14-22(5)13-17-9-7-6-8-10-17)15-23-12-11-18(21)20(3,4)16-23/h6-10,18H,11-16,21H2,1-5H3. The molecule has 3 heteroatoms. The molecule has 3 nitrogen and oxygen atoms in total. The zero-order chi connectivity index (χ0) is 17.1. The Kier molecular flexibility index (Phi) is 5.88. The summed E-state index contributed by atoms with van der Waals surface area (Å²) in [5.41, 5.74) is 8.16. The van der Waals surface area contributed by atoms with E-state index < -0.39 is 0 Å². The van der Waals surface area contributed by atoms with Crippen LogP contribution in [0.5, 0.6) is 0 Å². The van der Waals surface area contributed by atoms with Crippen molar-refractivity contribution < 1.29 is 0 Å². The minimum Gasteiger partial charge on any atom is -0.327 e. The molecule has 1 aliphatic rings. The average molecular weight is 318 g/mol. The summed E-state index contributed by atoms with van der Waals surface area (Å²) < 4.78 is 0. The molecule has 1 heterocycles. The molecule has 2 rings (SSSR count). The van der Waals surface area contributed by atoms with Gasteiger partial charge in [0.1, 0.15) is 0 Å². The normalized spacial score (nSPS) is 22.5. The fourth-order valence-corrected chi connectivity index (χ4v) is 3.96. The largest absolute Gasteiger partial charge is 0.327 e. The number of hydrogen-bond donors (Lipinski definition) is 1. The van der Waals surface area contributed by atoms with E-state index in [1.807, 2.05) is 0 Å². The van der Waals surface area contributed by atoms with Crippen LogP contribution in [0.1, 0.15) is 39.7 Å². The fraction of sp³-hybridized carbons (Fsp3) is 0.700. The van der Waals surface area contributed by atoms with E-state index in [4.69, 9.17) is 5.73 Å². The summed E-state index contributed by atoms with van der Waals surface area (Å²) in [6.45, 7) is 14.9. The first-order valence-electron chi connectivity index (χ1n) is 8.88. The Hall–Kier alpha value is -0.900. The van der Waals surface area contributed by atoms with Crippen molar-refractivity contribution in [3.8, 4) is 0 Å². The smallest absolute Gasteiger partial charge is 0.0230 e. The summed E-state index contributed by atoms with van der Waals surface area (Å²) in [6.07, 6.45) is 1.11. The number of rotatable bonds is 6. The number of piperidine rings is 1. The third kappa shape index (κ3) is 5.59. The number of likely N-dealkylation sites (tertiary alicyclic amines) is 1. The van der Waals surface area contributed by atoms with Gasteiger partial charge in [0.25, 0.3) is 0 Å². The minimum absolute atomic E-state index is 0.226. The Bertz CT molecular complexity index is 481. The van der Waals surface area contributed by atoms with E-state index in [9.17, 15) is 0 Å². The van der Waals surface area contributed by atoms with Crippen LogP contribution in [0.15, 0.2) is 30.3 Å². The van der Waals surface area contributed by atoms with Gasteiger partial charge in [-0.25, -0.2) is 0 Å². The summed E-state index contributed by atoms with van der Waals surface area (Å²) in [7, 11) is 2.23. The Morgan fingerprint density at radius 2 is 1.91 bits per heavy atom. The maximum absolute atomic E-state index is 6.27. The predicted molar refractivity (Wildman–Crippen MR) is 99.4 cm³/mol. The molecule has 1 saturated heterocycles. The van der Waals surface area contributed by atoms with Crippen molar-refractivity contribution >= 4 is 0 Å². The van der Waals surface area contributed by atoms with E-state index in [2.05, 4.69) is 74.9 Å². The number of nitrogens with two attached hydrogens (primary N) is 1. The average Bonchev–Trinajstić information content (AvgIpc) is 2.42. The van der Waals surface area contributed by atoms with Gasteiger partial charge < -0.3 is 15.5 Å². The monoisotopic (exact) mass is 317 g/mol. The number of nitrogens with zero attached hydrogens (tertiary/aromatic N) is 2. The van der Waals surface area contributed by atoms with E-state index in [1.165, 1.54) is 5.56 Å². The molecule has 1 aromatic carbocycles. The number of benzene rings is 1. The summed E-state index contributed by atoms with van der Waals surface area (Å²) >= 11 is 0. The maximum Gasteiger partial charge on any atom is 0.0230 e. The number of hydrogen-bond acceptors (Lipinski definition) is 3. The highest BCUT2D eigenvalue weighted by molar-refractivity contribution is 5.14. The molecular weight excluding hydrogens is 282 g/mol. The zero-order valence-corrected chi connectivity index (χ0v) is 15.7. The molecule has 1 atom stereocenters. The second-order valence-corrected chi connectivity index (χ2v) is 8.92. The Morgan fingerprint density at radius 1 is 1.26 bits per heavy atom. The van der Waals surface area contributed by atoms with Gasteiger partial charge in [0.15, 0.2) is 0 Å². The maximum atomic E-state index is 6.27. The van der Waals surface area contributed by atoms with Gasteiger partial charge in [0.2, 0.25) is 0 Å². The molecule has 1 fully saturated rings. The van der Waals surface area contributed by atoms with Gasteiger partial charge in [0, 0.05) is 32.2 Å². The first kappa shape index (κ1) is 18.4. The second kappa shape index (κ2) is 7.33. The quantitative estimate of drug-likeness (QED) is 0.874. The van der Waals surface area contributed by atoms with Gasteiger partial charge in [-0.05, 0) is 36.4 Å². The molecular formula is C20H35N3. The SMILES string of the molecule is CN(Cc1ccccc1)CC(C)(C)CN1CCC(N)C(C)(C)C1. The zero-order valence-electron chi connectivity index (χ0n) is 15.7. The van der Waals surface area contributed by atoms with Crippen LogP contribution in [0.3, 0.4) is 0 Å². The van der Waals surface area contributed by atoms with Crippen LogP contribution in [-0.2, 0) is 6.54 Å². The summed E-state index contributed by atoms with van der Waals surface area (Å²) in [5, 5.41) is 0. The van der Waals surface area contributed by atoms with Gasteiger partial charge in [0.05, 0.1) is 0 Å². The molecule has 0 saturated carbocycles. The molecule has 1 aromatic rings. The highest BCUT2D eigenvalue weighted by Crippen LogP contribution is 2.30. The fourth-order valence-electron chi connectivity index (χ4n) is 3.96. The van der Waals surface area contributed by atoms with Gasteiger partial charge in [-0.3, -0.25) is 0 Å². The first-order chi connectivity index (χ1) is 10.7. The van der Waals surface area contributed by atoms with Crippen LogP contribution in [0, 0.1) is 10.8 Å². The molecule has 2 N–H and O–H groups in total. The highest BCUT2D eigenvalue weighted by atomic mass is 15.2. The van der Waals surface area contributed by atoms with E-state index in [0.29, 0.717) is 6.04 Å². The predicted octanol–water partition coefficient (Wildman–Crippen LogP) is 3.20.